The first-order chi connectivity index (χ1) is 12.3. The number of nitrogens with one attached hydrogen (secondary N) is 1. The minimum absolute atomic E-state index is 0.134. The summed E-state index contributed by atoms with van der Waals surface area (Å²) in [4.78, 5) is 9.45. The van der Waals surface area contributed by atoms with Gasteiger partial charge in [0, 0.05) is 30.8 Å². The van der Waals surface area contributed by atoms with Crippen LogP contribution in [0.2, 0.25) is 0 Å². The van der Waals surface area contributed by atoms with Crippen molar-refractivity contribution >= 4 is 17.1 Å². The summed E-state index contributed by atoms with van der Waals surface area (Å²) in [6, 6.07) is 9.84. The molecule has 5 nitrogen and oxygen atoms in total. The van der Waals surface area contributed by atoms with Gasteiger partial charge < -0.3 is 16.0 Å². The molecule has 1 aromatic heterocycles. The van der Waals surface area contributed by atoms with Crippen molar-refractivity contribution in [2.45, 2.75) is 12.7 Å². The third-order valence-electron chi connectivity index (χ3n) is 3.33. The maximum Gasteiger partial charge on any atom is 0.435 e. The van der Waals surface area contributed by atoms with Crippen LogP contribution in [0.25, 0.3) is 0 Å². The highest BCUT2D eigenvalue weighted by molar-refractivity contribution is 6.07. The molecule has 8 heteroatoms. The minimum atomic E-state index is -4.67. The molecule has 2 rings (SSSR count). The number of allylic oxidation sites excluding steroid dienone is 1. The van der Waals surface area contributed by atoms with E-state index < -0.39 is 11.9 Å². The van der Waals surface area contributed by atoms with E-state index in [4.69, 9.17) is 5.73 Å². The summed E-state index contributed by atoms with van der Waals surface area (Å²) in [5.74, 6) is 0. The number of hydrogen-bond acceptors (Lipinski definition) is 5. The summed E-state index contributed by atoms with van der Waals surface area (Å²) >= 11 is 0. The van der Waals surface area contributed by atoms with Gasteiger partial charge in [0.15, 0.2) is 5.71 Å². The van der Waals surface area contributed by atoms with Crippen molar-refractivity contribution < 1.29 is 13.2 Å². The van der Waals surface area contributed by atoms with E-state index in [2.05, 4.69) is 15.3 Å². The fourth-order valence-electron chi connectivity index (χ4n) is 2.22. The monoisotopic (exact) mass is 363 g/mol. The molecule has 0 spiro atoms. The van der Waals surface area contributed by atoms with Gasteiger partial charge >= 0.3 is 6.18 Å². The first-order valence-corrected chi connectivity index (χ1v) is 7.78. The molecule has 138 valence electrons. The average Bonchev–Trinajstić information content (AvgIpc) is 2.59. The molecule has 0 atom stereocenters. The molecule has 0 amide bonds. The van der Waals surface area contributed by atoms with Gasteiger partial charge in [0.2, 0.25) is 0 Å². The standard InChI is InChI=1S/C18H20F3N5/c1-26(2)12-13-3-5-14(6-4-13)24-16(11-22)17(18(19,20)21)25-15-7-9-23-10-8-15/h3-11,24H,12,22H2,1-2H3/b16-11+,25-17?. The second-order valence-electron chi connectivity index (χ2n) is 5.80. The normalized spacial score (nSPS) is 13.2. The first-order valence-electron chi connectivity index (χ1n) is 7.78. The predicted octanol–water partition coefficient (Wildman–Crippen LogP) is 3.69. The van der Waals surface area contributed by atoms with Crippen LogP contribution in [0.15, 0.2) is 65.7 Å². The molecule has 26 heavy (non-hydrogen) atoms. The Morgan fingerprint density at radius 3 is 2.27 bits per heavy atom. The van der Waals surface area contributed by atoms with E-state index in [0.717, 1.165) is 18.3 Å². The van der Waals surface area contributed by atoms with Crippen LogP contribution in [0.4, 0.5) is 24.5 Å². The van der Waals surface area contributed by atoms with E-state index in [0.29, 0.717) is 5.69 Å². The maximum absolute atomic E-state index is 13.5. The van der Waals surface area contributed by atoms with Gasteiger partial charge in [-0.25, -0.2) is 4.99 Å². The van der Waals surface area contributed by atoms with Crippen molar-refractivity contribution in [3.05, 3.63) is 66.3 Å². The van der Waals surface area contributed by atoms with Crippen molar-refractivity contribution in [3.8, 4) is 0 Å². The van der Waals surface area contributed by atoms with Crippen molar-refractivity contribution in [3.63, 3.8) is 0 Å². The molecule has 0 saturated carbocycles. The Labute approximate surface area is 150 Å². The van der Waals surface area contributed by atoms with E-state index in [9.17, 15) is 13.2 Å². The number of nitrogens with two attached hydrogens (primary N) is 1. The Balaban J connectivity index is 2.28. The average molecular weight is 363 g/mol. The number of benzene rings is 1. The molecule has 0 aliphatic carbocycles. The highest BCUT2D eigenvalue weighted by atomic mass is 19.4. The molecule has 0 aliphatic rings. The Morgan fingerprint density at radius 2 is 1.77 bits per heavy atom. The van der Waals surface area contributed by atoms with Gasteiger partial charge in [-0.15, -0.1) is 0 Å². The Hall–Kier alpha value is -2.87. The van der Waals surface area contributed by atoms with Gasteiger partial charge in [-0.2, -0.15) is 13.2 Å². The molecule has 0 aliphatic heterocycles. The number of rotatable bonds is 6. The molecule has 2 aromatic rings. The summed E-state index contributed by atoms with van der Waals surface area (Å²) in [5.41, 5.74) is 5.67. The largest absolute Gasteiger partial charge is 0.435 e. The number of aromatic nitrogens is 1. The van der Waals surface area contributed by atoms with Crippen molar-refractivity contribution in [1.29, 1.82) is 0 Å². The summed E-state index contributed by atoms with van der Waals surface area (Å²) < 4.78 is 40.4. The number of anilines is 1. The van der Waals surface area contributed by atoms with Crippen LogP contribution in [0, 0.1) is 0 Å². The van der Waals surface area contributed by atoms with Crippen LogP contribution in [0.3, 0.4) is 0 Å². The van der Waals surface area contributed by atoms with Gasteiger partial charge in [-0.1, -0.05) is 12.1 Å². The lowest BCUT2D eigenvalue weighted by atomic mass is 10.2. The van der Waals surface area contributed by atoms with E-state index in [1.807, 2.05) is 31.1 Å². The highest BCUT2D eigenvalue weighted by Crippen LogP contribution is 2.26. The van der Waals surface area contributed by atoms with E-state index in [-0.39, 0.29) is 11.4 Å². The first kappa shape index (κ1) is 19.5. The third-order valence-corrected chi connectivity index (χ3v) is 3.33. The van der Waals surface area contributed by atoms with Gasteiger partial charge in [0.25, 0.3) is 0 Å². The molecule has 3 N–H and O–H groups in total. The topological polar surface area (TPSA) is 66.5 Å². The molecular formula is C18H20F3N5. The number of nitrogens with zero attached hydrogens (tertiary/aromatic N) is 3. The zero-order chi connectivity index (χ0) is 19.2. The summed E-state index contributed by atoms with van der Waals surface area (Å²) in [5, 5.41) is 2.69. The quantitative estimate of drug-likeness (QED) is 0.768. The van der Waals surface area contributed by atoms with Crippen LogP contribution in [-0.4, -0.2) is 35.9 Å². The third kappa shape index (κ3) is 5.59. The van der Waals surface area contributed by atoms with Crippen LogP contribution in [-0.2, 0) is 6.54 Å². The Morgan fingerprint density at radius 1 is 1.15 bits per heavy atom. The second-order valence-corrected chi connectivity index (χ2v) is 5.80. The van der Waals surface area contributed by atoms with E-state index >= 15 is 0 Å². The molecule has 0 bridgehead atoms. The van der Waals surface area contributed by atoms with Gasteiger partial charge in [-0.05, 0) is 43.9 Å². The Bertz CT molecular complexity index is 766. The molecule has 0 fully saturated rings. The van der Waals surface area contributed by atoms with E-state index in [1.165, 1.54) is 24.5 Å². The number of pyridine rings is 1. The lowest BCUT2D eigenvalue weighted by Gasteiger charge is -2.16. The number of hydrogen-bond donors (Lipinski definition) is 2. The van der Waals surface area contributed by atoms with Crippen molar-refractivity contribution in [1.82, 2.24) is 9.88 Å². The molecule has 0 radical (unpaired) electrons. The predicted molar refractivity (Wildman–Crippen MR) is 97.1 cm³/mol. The zero-order valence-corrected chi connectivity index (χ0v) is 14.5. The van der Waals surface area contributed by atoms with Crippen LogP contribution in [0.5, 0.6) is 0 Å². The fourth-order valence-corrected chi connectivity index (χ4v) is 2.22. The van der Waals surface area contributed by atoms with Crippen molar-refractivity contribution in [2.75, 3.05) is 19.4 Å². The van der Waals surface area contributed by atoms with Crippen LogP contribution < -0.4 is 11.1 Å². The molecule has 1 heterocycles. The smallest absolute Gasteiger partial charge is 0.403 e. The maximum atomic E-state index is 13.5. The zero-order valence-electron chi connectivity index (χ0n) is 14.5. The molecule has 0 saturated heterocycles. The minimum Gasteiger partial charge on any atom is -0.403 e. The summed E-state index contributed by atoms with van der Waals surface area (Å²) in [7, 11) is 3.87. The lowest BCUT2D eigenvalue weighted by Crippen LogP contribution is -2.29. The number of alkyl halides is 3. The van der Waals surface area contributed by atoms with Crippen molar-refractivity contribution in [2.24, 2.45) is 10.7 Å². The second kappa shape index (κ2) is 8.48. The van der Waals surface area contributed by atoms with E-state index in [1.54, 1.807) is 12.1 Å². The molecule has 0 unspecified atom stereocenters. The molecule has 1 aromatic carbocycles. The van der Waals surface area contributed by atoms with Crippen LogP contribution >= 0.6 is 0 Å². The number of halogens is 3. The summed E-state index contributed by atoms with van der Waals surface area (Å²) in [6.07, 6.45) is -1.07. The van der Waals surface area contributed by atoms with Crippen LogP contribution in [0.1, 0.15) is 5.56 Å². The summed E-state index contributed by atoms with van der Waals surface area (Å²) in [6.45, 7) is 0.733. The fraction of sp³-hybridized carbons (Fsp3) is 0.222. The SMILES string of the molecule is CN(C)Cc1ccc(N/C(=C/N)C(=Nc2ccncc2)C(F)(F)F)cc1. The van der Waals surface area contributed by atoms with Gasteiger partial charge in [0.05, 0.1) is 11.4 Å². The number of aliphatic imine (C=N–C) groups is 1. The lowest BCUT2D eigenvalue weighted by molar-refractivity contribution is -0.0581. The molecular weight excluding hydrogens is 343 g/mol. The Kier molecular flexibility index (Phi) is 6.35. The van der Waals surface area contributed by atoms with Gasteiger partial charge in [0.1, 0.15) is 0 Å². The van der Waals surface area contributed by atoms with Gasteiger partial charge in [-0.3, -0.25) is 4.98 Å². The highest BCUT2D eigenvalue weighted by Gasteiger charge is 2.38.